The van der Waals surface area contributed by atoms with Crippen molar-refractivity contribution in [1.82, 2.24) is 0 Å². The second kappa shape index (κ2) is 4.50. The smallest absolute Gasteiger partial charge is 0.0669 e. The van der Waals surface area contributed by atoms with Crippen molar-refractivity contribution in [1.29, 1.82) is 0 Å². The summed E-state index contributed by atoms with van der Waals surface area (Å²) in [7, 11) is 0. The molecular weight excluding hydrogens is 196 g/mol. The van der Waals surface area contributed by atoms with Gasteiger partial charge < -0.3 is 9.90 Å². The normalized spacial score (nSPS) is 14.9. The van der Waals surface area contributed by atoms with Crippen LogP contribution in [0.3, 0.4) is 0 Å². The molecule has 10 heavy (non-hydrogen) atoms. The lowest BCUT2D eigenvalue weighted by Crippen LogP contribution is -2.23. The summed E-state index contributed by atoms with van der Waals surface area (Å²) in [6.45, 7) is 3.50. The van der Waals surface area contributed by atoms with Crippen LogP contribution in [0, 0.1) is 0 Å². The van der Waals surface area contributed by atoms with Gasteiger partial charge in [0.15, 0.2) is 0 Å². The van der Waals surface area contributed by atoms with Crippen LogP contribution in [0.15, 0.2) is 11.6 Å². The van der Waals surface area contributed by atoms with Crippen LogP contribution in [0.2, 0.25) is 0 Å². The Morgan fingerprint density at radius 3 is 2.60 bits per heavy atom. The lowest BCUT2D eigenvalue weighted by molar-refractivity contribution is -0.299. The van der Waals surface area contributed by atoms with Crippen molar-refractivity contribution in [2.75, 3.05) is 0 Å². The van der Waals surface area contributed by atoms with Crippen molar-refractivity contribution in [3.05, 3.63) is 11.6 Å². The summed E-state index contributed by atoms with van der Waals surface area (Å²) in [4.78, 5) is 10.3. The Hall–Kier alpha value is -0.310. The van der Waals surface area contributed by atoms with Crippen molar-refractivity contribution in [3.8, 4) is 0 Å². The number of alkyl halides is 1. The molecule has 0 aliphatic rings. The van der Waals surface area contributed by atoms with Crippen molar-refractivity contribution in [3.63, 3.8) is 0 Å². The van der Waals surface area contributed by atoms with Gasteiger partial charge >= 0.3 is 0 Å². The summed E-state index contributed by atoms with van der Waals surface area (Å²) in [6, 6.07) is 0. The van der Waals surface area contributed by atoms with Crippen LogP contribution >= 0.6 is 15.9 Å². The molecule has 2 nitrogen and oxygen atoms in total. The standard InChI is InChI=1S/C7H11BrO2/c1-3-6(8)4-5(2)7(9)10/h4,6H,3H2,1-2H3,(H,9,10)/p-1/b5-4+. The van der Waals surface area contributed by atoms with E-state index in [2.05, 4.69) is 15.9 Å². The molecule has 0 fully saturated rings. The van der Waals surface area contributed by atoms with Gasteiger partial charge in [0.05, 0.1) is 5.97 Å². The highest BCUT2D eigenvalue weighted by Gasteiger charge is 1.96. The van der Waals surface area contributed by atoms with Gasteiger partial charge in [0.1, 0.15) is 0 Å². The quantitative estimate of drug-likeness (QED) is 0.507. The van der Waals surface area contributed by atoms with Gasteiger partial charge in [-0.15, -0.1) is 0 Å². The van der Waals surface area contributed by atoms with Gasteiger partial charge in [0.2, 0.25) is 0 Å². The minimum Gasteiger partial charge on any atom is -0.545 e. The monoisotopic (exact) mass is 205 g/mol. The highest BCUT2D eigenvalue weighted by molar-refractivity contribution is 9.09. The van der Waals surface area contributed by atoms with E-state index in [0.717, 1.165) is 6.42 Å². The first kappa shape index (κ1) is 9.69. The van der Waals surface area contributed by atoms with Gasteiger partial charge in [-0.2, -0.15) is 0 Å². The molecule has 1 unspecified atom stereocenters. The van der Waals surface area contributed by atoms with Crippen LogP contribution in [-0.4, -0.2) is 10.8 Å². The molecule has 0 heterocycles. The number of aliphatic carboxylic acids is 1. The zero-order chi connectivity index (χ0) is 8.15. The number of hydrogen-bond donors (Lipinski definition) is 0. The van der Waals surface area contributed by atoms with E-state index in [9.17, 15) is 9.90 Å². The van der Waals surface area contributed by atoms with Crippen LogP contribution in [-0.2, 0) is 4.79 Å². The molecule has 0 spiro atoms. The summed E-state index contributed by atoms with van der Waals surface area (Å²) in [6.07, 6.45) is 2.51. The van der Waals surface area contributed by atoms with E-state index in [4.69, 9.17) is 0 Å². The van der Waals surface area contributed by atoms with Crippen LogP contribution in [0.4, 0.5) is 0 Å². The van der Waals surface area contributed by atoms with E-state index < -0.39 is 5.97 Å². The molecule has 0 aliphatic heterocycles. The summed E-state index contributed by atoms with van der Waals surface area (Å²) in [5, 5.41) is 10.2. The number of carbonyl (C=O) groups is 1. The molecule has 3 heteroatoms. The number of carbonyl (C=O) groups excluding carboxylic acids is 1. The number of allylic oxidation sites excluding steroid dienone is 1. The fourth-order valence-electron chi connectivity index (χ4n) is 0.457. The topological polar surface area (TPSA) is 40.1 Å². The number of rotatable bonds is 3. The van der Waals surface area contributed by atoms with E-state index in [-0.39, 0.29) is 10.4 Å². The van der Waals surface area contributed by atoms with Crippen molar-refractivity contribution in [2.45, 2.75) is 25.1 Å². The zero-order valence-electron chi connectivity index (χ0n) is 6.06. The summed E-state index contributed by atoms with van der Waals surface area (Å²) in [5.41, 5.74) is 0.281. The lowest BCUT2D eigenvalue weighted by Gasteiger charge is -2.04. The summed E-state index contributed by atoms with van der Waals surface area (Å²) in [5.74, 6) is -1.10. The minimum atomic E-state index is -1.10. The van der Waals surface area contributed by atoms with Crippen LogP contribution in [0.25, 0.3) is 0 Å². The first-order chi connectivity index (χ1) is 4.57. The Kier molecular flexibility index (Phi) is 4.36. The molecular formula is C7H10BrO2-. The Labute approximate surface area is 69.1 Å². The average molecular weight is 206 g/mol. The van der Waals surface area contributed by atoms with E-state index in [1.807, 2.05) is 6.92 Å². The Morgan fingerprint density at radius 1 is 1.80 bits per heavy atom. The second-order valence-electron chi connectivity index (χ2n) is 2.06. The average Bonchev–Trinajstić information content (AvgIpc) is 1.87. The predicted molar refractivity (Wildman–Crippen MR) is 41.8 cm³/mol. The van der Waals surface area contributed by atoms with Crippen LogP contribution in [0.5, 0.6) is 0 Å². The molecule has 0 N–H and O–H groups in total. The lowest BCUT2D eigenvalue weighted by atomic mass is 10.2. The highest BCUT2D eigenvalue weighted by Crippen LogP contribution is 2.08. The molecule has 58 valence electrons. The van der Waals surface area contributed by atoms with Gasteiger partial charge in [-0.25, -0.2) is 0 Å². The zero-order valence-corrected chi connectivity index (χ0v) is 7.64. The molecule has 0 aliphatic carbocycles. The molecule has 0 radical (unpaired) electrons. The van der Waals surface area contributed by atoms with E-state index in [1.165, 1.54) is 6.92 Å². The molecule has 1 atom stereocenters. The van der Waals surface area contributed by atoms with Crippen molar-refractivity contribution < 1.29 is 9.90 Å². The van der Waals surface area contributed by atoms with Gasteiger partial charge in [-0.05, 0) is 18.9 Å². The van der Waals surface area contributed by atoms with E-state index >= 15 is 0 Å². The summed E-state index contributed by atoms with van der Waals surface area (Å²) < 4.78 is 0. The van der Waals surface area contributed by atoms with Crippen molar-refractivity contribution in [2.24, 2.45) is 0 Å². The third-order valence-corrected chi connectivity index (χ3v) is 2.05. The molecule has 0 rings (SSSR count). The molecule has 0 amide bonds. The number of halogens is 1. The molecule has 0 aromatic heterocycles. The number of hydrogen-bond acceptors (Lipinski definition) is 2. The third kappa shape index (κ3) is 3.67. The highest BCUT2D eigenvalue weighted by atomic mass is 79.9. The van der Waals surface area contributed by atoms with E-state index in [0.29, 0.717) is 0 Å². The Morgan fingerprint density at radius 2 is 2.30 bits per heavy atom. The number of carboxylic acids is 1. The van der Waals surface area contributed by atoms with Gasteiger partial charge in [-0.3, -0.25) is 0 Å². The first-order valence-electron chi connectivity index (χ1n) is 3.11. The second-order valence-corrected chi connectivity index (χ2v) is 3.24. The first-order valence-corrected chi connectivity index (χ1v) is 4.03. The van der Waals surface area contributed by atoms with Gasteiger partial charge in [0, 0.05) is 4.83 Å². The van der Waals surface area contributed by atoms with Crippen LogP contribution < -0.4 is 5.11 Å². The maximum absolute atomic E-state index is 10.2. The molecule has 0 saturated carbocycles. The molecule has 0 bridgehead atoms. The largest absolute Gasteiger partial charge is 0.545 e. The Bertz CT molecular complexity index is 152. The SMILES string of the molecule is CCC(Br)/C=C(\C)C(=O)[O-]. The third-order valence-electron chi connectivity index (χ3n) is 1.14. The minimum absolute atomic E-state index is 0.144. The van der Waals surface area contributed by atoms with E-state index in [1.54, 1.807) is 6.08 Å². The number of carboxylic acid groups (broad SMARTS) is 1. The summed E-state index contributed by atoms with van der Waals surface area (Å²) >= 11 is 3.28. The Balaban J connectivity index is 4.02. The fourth-order valence-corrected chi connectivity index (χ4v) is 0.854. The van der Waals surface area contributed by atoms with Gasteiger partial charge in [0.25, 0.3) is 0 Å². The maximum Gasteiger partial charge on any atom is 0.0669 e. The fraction of sp³-hybridized carbons (Fsp3) is 0.571. The van der Waals surface area contributed by atoms with Crippen molar-refractivity contribution >= 4 is 21.9 Å². The maximum atomic E-state index is 10.2. The van der Waals surface area contributed by atoms with Gasteiger partial charge in [-0.1, -0.05) is 28.9 Å². The van der Waals surface area contributed by atoms with Crippen LogP contribution in [0.1, 0.15) is 20.3 Å². The predicted octanol–water partition coefficient (Wildman–Crippen LogP) is 0.856. The molecule has 0 aromatic rings. The molecule has 0 saturated heterocycles. The molecule has 0 aromatic carbocycles.